The van der Waals surface area contributed by atoms with E-state index < -0.39 is 30.4 Å². The molecule has 0 aliphatic rings. The van der Waals surface area contributed by atoms with Gasteiger partial charge in [0.15, 0.2) is 6.61 Å². The van der Waals surface area contributed by atoms with Crippen LogP contribution in [0, 0.1) is 6.92 Å². The summed E-state index contributed by atoms with van der Waals surface area (Å²) in [7, 11) is 0. The Labute approximate surface area is 182 Å². The lowest BCUT2D eigenvalue weighted by Gasteiger charge is -2.14. The fourth-order valence-corrected chi connectivity index (χ4v) is 2.95. The van der Waals surface area contributed by atoms with Gasteiger partial charge in [0.1, 0.15) is 5.75 Å². The molecule has 0 saturated heterocycles. The average molecular weight is 478 g/mol. The largest absolute Gasteiger partial charge is 0.482 e. The van der Waals surface area contributed by atoms with Crippen molar-refractivity contribution in [2.24, 2.45) is 0 Å². The second-order valence-corrected chi connectivity index (χ2v) is 7.04. The minimum atomic E-state index is -4.59. The number of nitrogens with zero attached hydrogens (tertiary/aromatic N) is 2. The SMILES string of the molecule is Cc1c(C(=O)Nc2cc(Cl)ccc2OCC(F)(F)F)cnn1-c1cccc(C(F)(F)F)c1. The first kappa shape index (κ1) is 23.5. The van der Waals surface area contributed by atoms with Crippen molar-refractivity contribution in [3.63, 3.8) is 0 Å². The van der Waals surface area contributed by atoms with E-state index in [1.165, 1.54) is 37.3 Å². The van der Waals surface area contributed by atoms with Gasteiger partial charge < -0.3 is 10.1 Å². The molecular weight excluding hydrogens is 464 g/mol. The summed E-state index contributed by atoms with van der Waals surface area (Å²) in [5.74, 6) is -1.03. The van der Waals surface area contributed by atoms with Gasteiger partial charge in [0, 0.05) is 5.02 Å². The third-order valence-corrected chi connectivity index (χ3v) is 4.49. The Bertz CT molecular complexity index is 1140. The molecule has 1 N–H and O–H groups in total. The van der Waals surface area contributed by atoms with Crippen LogP contribution in [0.25, 0.3) is 5.69 Å². The molecule has 0 spiro atoms. The van der Waals surface area contributed by atoms with Gasteiger partial charge in [-0.2, -0.15) is 31.4 Å². The molecular formula is C20H14ClF6N3O2. The van der Waals surface area contributed by atoms with Crippen molar-refractivity contribution in [3.05, 3.63) is 70.5 Å². The maximum Gasteiger partial charge on any atom is 0.422 e. The van der Waals surface area contributed by atoms with Gasteiger partial charge in [-0.1, -0.05) is 17.7 Å². The van der Waals surface area contributed by atoms with Crippen LogP contribution in [0.3, 0.4) is 0 Å². The summed E-state index contributed by atoms with van der Waals surface area (Å²) in [6.45, 7) is -0.120. The Morgan fingerprint density at radius 2 is 1.84 bits per heavy atom. The number of carbonyl (C=O) groups is 1. The van der Waals surface area contributed by atoms with Gasteiger partial charge in [0.25, 0.3) is 5.91 Å². The maximum atomic E-state index is 13.0. The summed E-state index contributed by atoms with van der Waals surface area (Å²) >= 11 is 5.87. The summed E-state index contributed by atoms with van der Waals surface area (Å²) in [6, 6.07) is 8.03. The molecule has 0 fully saturated rings. The lowest BCUT2D eigenvalue weighted by molar-refractivity contribution is -0.153. The minimum absolute atomic E-state index is 0.0100. The molecule has 0 bridgehead atoms. The molecule has 32 heavy (non-hydrogen) atoms. The van der Waals surface area contributed by atoms with E-state index in [1.807, 2.05) is 0 Å². The second kappa shape index (κ2) is 8.73. The van der Waals surface area contributed by atoms with E-state index in [9.17, 15) is 31.1 Å². The van der Waals surface area contributed by atoms with E-state index in [1.54, 1.807) is 0 Å². The van der Waals surface area contributed by atoms with E-state index in [2.05, 4.69) is 10.4 Å². The third kappa shape index (κ3) is 5.52. The number of nitrogens with one attached hydrogen (secondary N) is 1. The molecule has 0 aliphatic carbocycles. The van der Waals surface area contributed by atoms with Crippen LogP contribution in [0.1, 0.15) is 21.6 Å². The monoisotopic (exact) mass is 477 g/mol. The van der Waals surface area contributed by atoms with Crippen molar-refractivity contribution in [2.45, 2.75) is 19.3 Å². The Balaban J connectivity index is 1.87. The highest BCUT2D eigenvalue weighted by Crippen LogP contribution is 2.32. The number of rotatable bonds is 5. The van der Waals surface area contributed by atoms with Gasteiger partial charge in [-0.3, -0.25) is 4.79 Å². The first-order valence-corrected chi connectivity index (χ1v) is 9.25. The van der Waals surface area contributed by atoms with Crippen LogP contribution in [-0.4, -0.2) is 28.5 Å². The molecule has 0 saturated carbocycles. The van der Waals surface area contributed by atoms with Crippen molar-refractivity contribution in [2.75, 3.05) is 11.9 Å². The zero-order valence-corrected chi connectivity index (χ0v) is 16.9. The predicted molar refractivity (Wildman–Crippen MR) is 104 cm³/mol. The molecule has 0 radical (unpaired) electrons. The van der Waals surface area contributed by atoms with Crippen molar-refractivity contribution >= 4 is 23.2 Å². The quantitative estimate of drug-likeness (QED) is 0.455. The predicted octanol–water partition coefficient (Wildman–Crippen LogP) is 6.05. The highest BCUT2D eigenvalue weighted by atomic mass is 35.5. The van der Waals surface area contributed by atoms with Crippen LogP contribution < -0.4 is 10.1 Å². The van der Waals surface area contributed by atoms with Crippen LogP contribution in [0.5, 0.6) is 5.75 Å². The van der Waals surface area contributed by atoms with Gasteiger partial charge in [-0.15, -0.1) is 0 Å². The number of hydrogen-bond acceptors (Lipinski definition) is 3. The Hall–Kier alpha value is -3.21. The van der Waals surface area contributed by atoms with Crippen LogP contribution in [0.4, 0.5) is 32.0 Å². The van der Waals surface area contributed by atoms with E-state index >= 15 is 0 Å². The third-order valence-electron chi connectivity index (χ3n) is 4.25. The molecule has 170 valence electrons. The summed E-state index contributed by atoms with van der Waals surface area (Å²) in [6.07, 6.45) is -8.02. The van der Waals surface area contributed by atoms with Crippen molar-refractivity contribution in [1.29, 1.82) is 0 Å². The highest BCUT2D eigenvalue weighted by Gasteiger charge is 2.31. The van der Waals surface area contributed by atoms with Gasteiger partial charge >= 0.3 is 12.4 Å². The van der Waals surface area contributed by atoms with Gasteiger partial charge in [0.2, 0.25) is 0 Å². The van der Waals surface area contributed by atoms with Crippen molar-refractivity contribution in [1.82, 2.24) is 9.78 Å². The first-order valence-electron chi connectivity index (χ1n) is 8.88. The van der Waals surface area contributed by atoms with Crippen LogP contribution >= 0.6 is 11.6 Å². The highest BCUT2D eigenvalue weighted by molar-refractivity contribution is 6.31. The topological polar surface area (TPSA) is 56.1 Å². The van der Waals surface area contributed by atoms with Gasteiger partial charge in [0.05, 0.1) is 34.4 Å². The van der Waals surface area contributed by atoms with Crippen molar-refractivity contribution < 1.29 is 35.9 Å². The molecule has 12 heteroatoms. The molecule has 0 atom stereocenters. The fraction of sp³-hybridized carbons (Fsp3) is 0.200. The number of aromatic nitrogens is 2. The number of halogens is 7. The lowest BCUT2D eigenvalue weighted by atomic mass is 10.2. The van der Waals surface area contributed by atoms with Crippen LogP contribution in [0.2, 0.25) is 5.02 Å². The second-order valence-electron chi connectivity index (χ2n) is 6.60. The summed E-state index contributed by atoms with van der Waals surface area (Å²) in [5.41, 5.74) is -0.724. The van der Waals surface area contributed by atoms with E-state index in [0.29, 0.717) is 0 Å². The minimum Gasteiger partial charge on any atom is -0.482 e. The number of ether oxygens (including phenoxy) is 1. The molecule has 0 unspecified atom stereocenters. The molecule has 1 aromatic heterocycles. The number of hydrogen-bond donors (Lipinski definition) is 1. The number of anilines is 1. The molecule has 2 aromatic carbocycles. The maximum absolute atomic E-state index is 13.0. The number of amides is 1. The molecule has 5 nitrogen and oxygen atoms in total. The Kier molecular flexibility index (Phi) is 6.40. The standard InChI is InChI=1S/C20H14ClF6N3O2/c1-11-15(9-28-30(11)14-4-2-3-12(7-14)20(25,26)27)18(31)29-16-8-13(21)5-6-17(16)32-10-19(22,23)24/h2-9H,10H2,1H3,(H,29,31). The van der Waals surface area contributed by atoms with E-state index in [0.717, 1.165) is 23.0 Å². The molecule has 1 heterocycles. The van der Waals surface area contributed by atoms with Gasteiger partial charge in [-0.25, -0.2) is 4.68 Å². The average Bonchev–Trinajstić information content (AvgIpc) is 3.07. The normalized spacial score (nSPS) is 12.0. The van der Waals surface area contributed by atoms with E-state index in [4.69, 9.17) is 16.3 Å². The number of alkyl halides is 6. The molecule has 3 aromatic rings. The summed E-state index contributed by atoms with van der Waals surface area (Å²) < 4.78 is 82.2. The van der Waals surface area contributed by atoms with Gasteiger partial charge in [-0.05, 0) is 43.3 Å². The van der Waals surface area contributed by atoms with Crippen LogP contribution in [-0.2, 0) is 6.18 Å². The smallest absolute Gasteiger partial charge is 0.422 e. The summed E-state index contributed by atoms with van der Waals surface area (Å²) in [5, 5.41) is 6.49. The van der Waals surface area contributed by atoms with Crippen LogP contribution in [0.15, 0.2) is 48.7 Å². The lowest BCUT2D eigenvalue weighted by Crippen LogP contribution is -2.20. The van der Waals surface area contributed by atoms with E-state index in [-0.39, 0.29) is 33.4 Å². The zero-order valence-electron chi connectivity index (χ0n) is 16.2. The fourth-order valence-electron chi connectivity index (χ4n) is 2.78. The molecule has 0 aliphatic heterocycles. The Morgan fingerprint density at radius 3 is 2.50 bits per heavy atom. The number of carbonyl (C=O) groups excluding carboxylic acids is 1. The summed E-state index contributed by atoms with van der Waals surface area (Å²) in [4.78, 5) is 12.7. The number of benzene rings is 2. The molecule has 3 rings (SSSR count). The van der Waals surface area contributed by atoms with Crippen molar-refractivity contribution in [3.8, 4) is 11.4 Å². The Morgan fingerprint density at radius 1 is 1.12 bits per heavy atom. The molecule has 1 amide bonds. The zero-order chi connectivity index (χ0) is 23.7. The first-order chi connectivity index (χ1) is 14.8.